The lowest BCUT2D eigenvalue weighted by atomic mass is 10.0. The normalized spacial score (nSPS) is 17.1. The molecule has 1 aliphatic heterocycles. The Hall–Kier alpha value is -1.79. The van der Waals surface area contributed by atoms with Crippen LogP contribution in [0, 0.1) is 0 Å². The molecule has 1 aliphatic rings. The molecule has 6 heteroatoms. The molecule has 0 unspecified atom stereocenters. The first kappa shape index (κ1) is 21.5. The van der Waals surface area contributed by atoms with E-state index in [0.29, 0.717) is 29.6 Å². The summed E-state index contributed by atoms with van der Waals surface area (Å²) in [5.74, 6) is 0.941. The maximum Gasteiger partial charge on any atom is 0.255 e. The van der Waals surface area contributed by atoms with Gasteiger partial charge in [0, 0.05) is 19.2 Å². The number of likely N-dealkylation sites (N-methyl/N-ethyl adjacent to an activating group) is 1. The minimum absolute atomic E-state index is 0.120. The number of hydrogen-bond acceptors (Lipinski definition) is 5. The zero-order valence-corrected chi connectivity index (χ0v) is 16.9. The molecule has 0 aliphatic carbocycles. The molecule has 1 aromatic carbocycles. The van der Waals surface area contributed by atoms with E-state index in [9.17, 15) is 4.79 Å². The number of aliphatic hydroxyl groups is 1. The van der Waals surface area contributed by atoms with Crippen molar-refractivity contribution in [3.8, 4) is 11.5 Å². The number of nitrogens with one attached hydrogen (secondary N) is 1. The van der Waals surface area contributed by atoms with Gasteiger partial charge in [0.15, 0.2) is 11.5 Å². The van der Waals surface area contributed by atoms with Crippen LogP contribution < -0.4 is 14.8 Å². The summed E-state index contributed by atoms with van der Waals surface area (Å²) in [4.78, 5) is 15.3. The summed E-state index contributed by atoms with van der Waals surface area (Å²) in [5, 5.41) is 12.0. The SMILES string of the molecule is CCN1CCC[C@H]1CNC(=O)c1cc(CCCCCO)cc(OC)c1OC. The Kier molecular flexibility index (Phi) is 8.88. The number of carbonyl (C=O) groups is 1. The van der Waals surface area contributed by atoms with Crippen LogP contribution in [0.4, 0.5) is 0 Å². The fourth-order valence-electron chi connectivity index (χ4n) is 3.80. The molecule has 2 N–H and O–H groups in total. The maximum absolute atomic E-state index is 12.9. The van der Waals surface area contributed by atoms with E-state index in [2.05, 4.69) is 17.1 Å². The van der Waals surface area contributed by atoms with Crippen molar-refractivity contribution in [2.45, 2.75) is 51.5 Å². The molecule has 152 valence electrons. The number of rotatable bonds is 11. The summed E-state index contributed by atoms with van der Waals surface area (Å²) in [6.45, 7) is 5.15. The lowest BCUT2D eigenvalue weighted by Gasteiger charge is -2.23. The molecule has 1 atom stereocenters. The van der Waals surface area contributed by atoms with Gasteiger partial charge < -0.3 is 19.9 Å². The third-order valence-electron chi connectivity index (χ3n) is 5.31. The fraction of sp³-hybridized carbons (Fsp3) is 0.667. The minimum Gasteiger partial charge on any atom is -0.493 e. The highest BCUT2D eigenvalue weighted by atomic mass is 16.5. The summed E-state index contributed by atoms with van der Waals surface area (Å²) >= 11 is 0. The molecular weight excluding hydrogens is 344 g/mol. The second-order valence-corrected chi connectivity index (χ2v) is 7.05. The van der Waals surface area contributed by atoms with Crippen molar-refractivity contribution in [3.05, 3.63) is 23.3 Å². The summed E-state index contributed by atoms with van der Waals surface area (Å²) in [6, 6.07) is 4.25. The van der Waals surface area contributed by atoms with Gasteiger partial charge in [-0.25, -0.2) is 0 Å². The Bertz CT molecular complexity index is 606. The number of hydrogen-bond donors (Lipinski definition) is 2. The van der Waals surface area contributed by atoms with E-state index in [1.807, 2.05) is 12.1 Å². The number of unbranched alkanes of at least 4 members (excludes halogenated alkanes) is 2. The maximum atomic E-state index is 12.9. The predicted octanol–water partition coefficient (Wildman–Crippen LogP) is 2.62. The number of methoxy groups -OCH3 is 2. The van der Waals surface area contributed by atoms with Crippen molar-refractivity contribution in [3.63, 3.8) is 0 Å². The Balaban J connectivity index is 2.10. The highest BCUT2D eigenvalue weighted by Crippen LogP contribution is 2.33. The van der Waals surface area contributed by atoms with Crippen LogP contribution in [0.25, 0.3) is 0 Å². The molecule has 1 aromatic rings. The monoisotopic (exact) mass is 378 g/mol. The molecular formula is C21H34N2O4. The quantitative estimate of drug-likeness (QED) is 0.579. The molecule has 0 radical (unpaired) electrons. The van der Waals surface area contributed by atoms with Crippen LogP contribution >= 0.6 is 0 Å². The first-order valence-electron chi connectivity index (χ1n) is 10.0. The summed E-state index contributed by atoms with van der Waals surface area (Å²) in [7, 11) is 3.15. The van der Waals surface area contributed by atoms with Crippen molar-refractivity contribution >= 4 is 5.91 Å². The molecule has 0 spiro atoms. The number of aryl methyl sites for hydroxylation is 1. The number of likely N-dealkylation sites (tertiary alicyclic amines) is 1. The highest BCUT2D eigenvalue weighted by Gasteiger charge is 2.24. The number of benzene rings is 1. The van der Waals surface area contributed by atoms with Gasteiger partial charge in [-0.1, -0.05) is 13.3 Å². The Labute approximate surface area is 162 Å². The molecule has 1 saturated heterocycles. The number of ether oxygens (including phenoxy) is 2. The average molecular weight is 379 g/mol. The van der Waals surface area contributed by atoms with Gasteiger partial charge in [-0.05, 0) is 62.9 Å². The highest BCUT2D eigenvalue weighted by molar-refractivity contribution is 5.98. The number of carbonyl (C=O) groups excluding carboxylic acids is 1. The van der Waals surface area contributed by atoms with Crippen LogP contribution in [0.5, 0.6) is 11.5 Å². The van der Waals surface area contributed by atoms with Crippen molar-refractivity contribution < 1.29 is 19.4 Å². The molecule has 27 heavy (non-hydrogen) atoms. The van der Waals surface area contributed by atoms with Gasteiger partial charge in [-0.15, -0.1) is 0 Å². The van der Waals surface area contributed by atoms with Gasteiger partial charge in [-0.3, -0.25) is 9.69 Å². The molecule has 1 amide bonds. The van der Waals surface area contributed by atoms with E-state index in [1.54, 1.807) is 14.2 Å². The predicted molar refractivity (Wildman–Crippen MR) is 107 cm³/mol. The van der Waals surface area contributed by atoms with E-state index < -0.39 is 0 Å². The Morgan fingerprint density at radius 2 is 2.07 bits per heavy atom. The largest absolute Gasteiger partial charge is 0.493 e. The summed E-state index contributed by atoms with van der Waals surface area (Å²) in [5.41, 5.74) is 1.57. The average Bonchev–Trinajstić information content (AvgIpc) is 3.16. The zero-order valence-electron chi connectivity index (χ0n) is 16.9. The van der Waals surface area contributed by atoms with E-state index in [-0.39, 0.29) is 12.5 Å². The van der Waals surface area contributed by atoms with E-state index in [4.69, 9.17) is 14.6 Å². The van der Waals surface area contributed by atoms with Crippen LogP contribution in [-0.2, 0) is 6.42 Å². The second kappa shape index (κ2) is 11.1. The van der Waals surface area contributed by atoms with Gasteiger partial charge in [0.05, 0.1) is 19.8 Å². The van der Waals surface area contributed by atoms with E-state index >= 15 is 0 Å². The molecule has 2 rings (SSSR count). The topological polar surface area (TPSA) is 71.0 Å². The van der Waals surface area contributed by atoms with Gasteiger partial charge in [-0.2, -0.15) is 0 Å². The number of aliphatic hydroxyl groups excluding tert-OH is 1. The first-order chi connectivity index (χ1) is 13.1. The number of nitrogens with zero attached hydrogens (tertiary/aromatic N) is 1. The number of amides is 1. The zero-order chi connectivity index (χ0) is 19.6. The van der Waals surface area contributed by atoms with Crippen molar-refractivity contribution in [1.82, 2.24) is 10.2 Å². The van der Waals surface area contributed by atoms with E-state index in [1.165, 1.54) is 6.42 Å². The van der Waals surface area contributed by atoms with Crippen LogP contribution in [0.3, 0.4) is 0 Å². The van der Waals surface area contributed by atoms with Crippen LogP contribution in [0.2, 0.25) is 0 Å². The Morgan fingerprint density at radius 3 is 2.74 bits per heavy atom. The van der Waals surface area contributed by atoms with Crippen LogP contribution in [0.15, 0.2) is 12.1 Å². The van der Waals surface area contributed by atoms with Crippen molar-refractivity contribution in [2.75, 3.05) is 40.5 Å². The summed E-state index contributed by atoms with van der Waals surface area (Å²) < 4.78 is 10.9. The minimum atomic E-state index is -0.120. The standard InChI is InChI=1S/C21H34N2O4/c1-4-23-11-8-10-17(23)15-22-21(25)18-13-16(9-6-5-7-12-24)14-19(26-2)20(18)27-3/h13-14,17,24H,4-12,15H2,1-3H3,(H,22,25)/t17-/m0/s1. The van der Waals surface area contributed by atoms with Gasteiger partial charge in [0.2, 0.25) is 0 Å². The molecule has 1 fully saturated rings. The molecule has 0 bridgehead atoms. The molecule has 0 saturated carbocycles. The van der Waals surface area contributed by atoms with Gasteiger partial charge in [0.1, 0.15) is 0 Å². The van der Waals surface area contributed by atoms with Gasteiger partial charge in [0.25, 0.3) is 5.91 Å². The Morgan fingerprint density at radius 1 is 1.26 bits per heavy atom. The second-order valence-electron chi connectivity index (χ2n) is 7.05. The van der Waals surface area contributed by atoms with Gasteiger partial charge >= 0.3 is 0 Å². The molecule has 1 heterocycles. The van der Waals surface area contributed by atoms with E-state index in [0.717, 1.165) is 50.8 Å². The third-order valence-corrected chi connectivity index (χ3v) is 5.31. The molecule has 0 aromatic heterocycles. The fourth-order valence-corrected chi connectivity index (χ4v) is 3.80. The lowest BCUT2D eigenvalue weighted by Crippen LogP contribution is -2.40. The summed E-state index contributed by atoms with van der Waals surface area (Å²) in [6.07, 6.45) is 5.88. The van der Waals surface area contributed by atoms with Crippen LogP contribution in [-0.4, -0.2) is 62.4 Å². The molecule has 6 nitrogen and oxygen atoms in total. The van der Waals surface area contributed by atoms with Crippen LogP contribution in [0.1, 0.15) is 54.9 Å². The van der Waals surface area contributed by atoms with Crippen molar-refractivity contribution in [1.29, 1.82) is 0 Å². The van der Waals surface area contributed by atoms with Crippen molar-refractivity contribution in [2.24, 2.45) is 0 Å². The first-order valence-corrected chi connectivity index (χ1v) is 10.0. The lowest BCUT2D eigenvalue weighted by molar-refractivity contribution is 0.0937. The smallest absolute Gasteiger partial charge is 0.255 e. The third kappa shape index (κ3) is 5.84.